The number of rotatable bonds is 4. The first-order valence-corrected chi connectivity index (χ1v) is 9.49. The van der Waals surface area contributed by atoms with Crippen molar-refractivity contribution in [2.45, 2.75) is 37.8 Å². The first-order valence-electron chi connectivity index (χ1n) is 7.59. The number of anilines is 1. The first kappa shape index (κ1) is 18.2. The van der Waals surface area contributed by atoms with Gasteiger partial charge >= 0.3 is 5.69 Å². The second-order valence-electron chi connectivity index (χ2n) is 6.07. The lowest BCUT2D eigenvalue weighted by Gasteiger charge is -2.33. The molecular formula is C14H21N5O4S. The summed E-state index contributed by atoms with van der Waals surface area (Å²) in [5, 5.41) is 12.3. The SMILES string of the molecule is Cn1c(N[C@@H]2CCCC[C@H]2NS(C)(=O)=O)c(C#N)c(=O)n(C)c1=O. The van der Waals surface area contributed by atoms with Crippen molar-refractivity contribution >= 4 is 15.8 Å². The van der Waals surface area contributed by atoms with E-state index in [4.69, 9.17) is 0 Å². The van der Waals surface area contributed by atoms with Crippen molar-refractivity contribution in [2.24, 2.45) is 14.1 Å². The Morgan fingerprint density at radius 3 is 2.25 bits per heavy atom. The van der Waals surface area contributed by atoms with Gasteiger partial charge in [-0.3, -0.25) is 13.9 Å². The van der Waals surface area contributed by atoms with Gasteiger partial charge in [0.1, 0.15) is 11.9 Å². The van der Waals surface area contributed by atoms with Gasteiger partial charge in [-0.15, -0.1) is 0 Å². The molecular weight excluding hydrogens is 334 g/mol. The average Bonchev–Trinajstić information content (AvgIpc) is 2.51. The summed E-state index contributed by atoms with van der Waals surface area (Å²) in [7, 11) is -0.613. The van der Waals surface area contributed by atoms with E-state index in [0.717, 1.165) is 23.7 Å². The molecule has 1 heterocycles. The van der Waals surface area contributed by atoms with Crippen LogP contribution in [0.25, 0.3) is 0 Å². The van der Waals surface area contributed by atoms with Crippen LogP contribution in [0.4, 0.5) is 5.82 Å². The maximum atomic E-state index is 12.1. The zero-order valence-electron chi connectivity index (χ0n) is 13.9. The molecule has 9 nitrogen and oxygen atoms in total. The number of aromatic nitrogens is 2. The first-order chi connectivity index (χ1) is 11.2. The molecule has 132 valence electrons. The van der Waals surface area contributed by atoms with Crippen LogP contribution in [0.1, 0.15) is 31.2 Å². The van der Waals surface area contributed by atoms with E-state index in [1.807, 2.05) is 6.07 Å². The van der Waals surface area contributed by atoms with Crippen molar-refractivity contribution < 1.29 is 8.42 Å². The highest BCUT2D eigenvalue weighted by Crippen LogP contribution is 2.23. The molecule has 0 aliphatic heterocycles. The van der Waals surface area contributed by atoms with Crippen LogP contribution in [0, 0.1) is 11.3 Å². The minimum Gasteiger partial charge on any atom is -0.366 e. The smallest absolute Gasteiger partial charge is 0.332 e. The highest BCUT2D eigenvalue weighted by molar-refractivity contribution is 7.88. The molecule has 1 saturated carbocycles. The molecule has 10 heteroatoms. The van der Waals surface area contributed by atoms with Crippen molar-refractivity contribution in [1.29, 1.82) is 5.26 Å². The fourth-order valence-corrected chi connectivity index (χ4v) is 3.84. The summed E-state index contributed by atoms with van der Waals surface area (Å²) in [5.74, 6) is 0.123. The second kappa shape index (κ2) is 6.78. The predicted octanol–water partition coefficient (Wildman–Crippen LogP) is -0.772. The molecule has 1 fully saturated rings. The van der Waals surface area contributed by atoms with Crippen molar-refractivity contribution in [3.63, 3.8) is 0 Å². The minimum absolute atomic E-state index is 0.123. The number of hydrogen-bond donors (Lipinski definition) is 2. The molecule has 2 rings (SSSR count). The monoisotopic (exact) mass is 355 g/mol. The molecule has 1 aliphatic carbocycles. The quantitative estimate of drug-likeness (QED) is 0.730. The van der Waals surface area contributed by atoms with Crippen LogP contribution in [-0.2, 0) is 24.1 Å². The fourth-order valence-electron chi connectivity index (χ4n) is 3.01. The van der Waals surface area contributed by atoms with Crippen LogP contribution in [0.2, 0.25) is 0 Å². The molecule has 2 atom stereocenters. The molecule has 0 saturated heterocycles. The largest absolute Gasteiger partial charge is 0.366 e. The predicted molar refractivity (Wildman–Crippen MR) is 89.3 cm³/mol. The van der Waals surface area contributed by atoms with Crippen LogP contribution < -0.4 is 21.3 Å². The zero-order chi connectivity index (χ0) is 18.1. The third-order valence-electron chi connectivity index (χ3n) is 4.23. The number of sulfonamides is 1. The van der Waals surface area contributed by atoms with E-state index in [1.165, 1.54) is 18.7 Å². The lowest BCUT2D eigenvalue weighted by molar-refractivity contribution is 0.377. The van der Waals surface area contributed by atoms with E-state index < -0.39 is 21.3 Å². The third-order valence-corrected chi connectivity index (χ3v) is 4.96. The highest BCUT2D eigenvalue weighted by atomic mass is 32.2. The lowest BCUT2D eigenvalue weighted by Crippen LogP contribution is -2.49. The van der Waals surface area contributed by atoms with Crippen molar-refractivity contribution in [3.05, 3.63) is 26.4 Å². The van der Waals surface area contributed by atoms with E-state index in [-0.39, 0.29) is 23.5 Å². The summed E-state index contributed by atoms with van der Waals surface area (Å²) in [6.07, 6.45) is 4.17. The number of nitriles is 1. The maximum Gasteiger partial charge on any atom is 0.332 e. The lowest BCUT2D eigenvalue weighted by atomic mass is 9.91. The summed E-state index contributed by atoms with van der Waals surface area (Å²) in [5.41, 5.74) is -1.39. The summed E-state index contributed by atoms with van der Waals surface area (Å²) in [6, 6.07) is 1.16. The Labute approximate surface area is 140 Å². The Morgan fingerprint density at radius 2 is 1.71 bits per heavy atom. The van der Waals surface area contributed by atoms with Gasteiger partial charge in [0, 0.05) is 26.2 Å². The Kier molecular flexibility index (Phi) is 5.15. The molecule has 24 heavy (non-hydrogen) atoms. The molecule has 0 radical (unpaired) electrons. The van der Waals surface area contributed by atoms with E-state index >= 15 is 0 Å². The Morgan fingerprint density at radius 1 is 1.12 bits per heavy atom. The van der Waals surface area contributed by atoms with Crippen molar-refractivity contribution in [2.75, 3.05) is 11.6 Å². The number of nitrogens with one attached hydrogen (secondary N) is 2. The van der Waals surface area contributed by atoms with Crippen LogP contribution in [0.5, 0.6) is 0 Å². The molecule has 2 N–H and O–H groups in total. The molecule has 0 unspecified atom stereocenters. The van der Waals surface area contributed by atoms with Crippen LogP contribution >= 0.6 is 0 Å². The molecule has 1 aliphatic rings. The molecule has 1 aromatic rings. The standard InChI is InChI=1S/C14H21N5O4S/c1-18-12(9(8-15)13(20)19(2)14(18)21)16-10-6-4-5-7-11(10)17-24(3,22)23/h10-11,16-17H,4-7H2,1-3H3/t10-,11-/m1/s1. The third kappa shape index (κ3) is 3.68. The Balaban J connectivity index is 2.44. The normalized spacial score (nSPS) is 21.2. The van der Waals surface area contributed by atoms with E-state index in [0.29, 0.717) is 12.8 Å². The fraction of sp³-hybridized carbons (Fsp3) is 0.643. The van der Waals surface area contributed by atoms with Crippen molar-refractivity contribution in [1.82, 2.24) is 13.9 Å². The molecule has 0 amide bonds. The topological polar surface area (TPSA) is 126 Å². The highest BCUT2D eigenvalue weighted by Gasteiger charge is 2.29. The Bertz CT molecular complexity index is 893. The van der Waals surface area contributed by atoms with E-state index in [1.54, 1.807) is 0 Å². The van der Waals surface area contributed by atoms with Crippen LogP contribution in [0.15, 0.2) is 9.59 Å². The van der Waals surface area contributed by atoms with Gasteiger partial charge in [-0.05, 0) is 12.8 Å². The van der Waals surface area contributed by atoms with Gasteiger partial charge in [-0.25, -0.2) is 17.9 Å². The average molecular weight is 355 g/mol. The van der Waals surface area contributed by atoms with Gasteiger partial charge in [0.25, 0.3) is 5.56 Å². The minimum atomic E-state index is -3.39. The number of nitrogens with zero attached hydrogens (tertiary/aromatic N) is 3. The van der Waals surface area contributed by atoms with Crippen molar-refractivity contribution in [3.8, 4) is 6.07 Å². The van der Waals surface area contributed by atoms with Gasteiger partial charge in [0.2, 0.25) is 10.0 Å². The molecule has 0 spiro atoms. The zero-order valence-corrected chi connectivity index (χ0v) is 14.7. The summed E-state index contributed by atoms with van der Waals surface area (Å²) in [4.78, 5) is 24.2. The molecule has 1 aromatic heterocycles. The summed E-state index contributed by atoms with van der Waals surface area (Å²) in [6.45, 7) is 0. The van der Waals surface area contributed by atoms with E-state index in [9.17, 15) is 23.3 Å². The van der Waals surface area contributed by atoms with Gasteiger partial charge in [0.15, 0.2) is 5.56 Å². The summed E-state index contributed by atoms with van der Waals surface area (Å²) >= 11 is 0. The second-order valence-corrected chi connectivity index (χ2v) is 7.85. The van der Waals surface area contributed by atoms with Crippen LogP contribution in [0.3, 0.4) is 0 Å². The summed E-state index contributed by atoms with van der Waals surface area (Å²) < 4.78 is 27.7. The van der Waals surface area contributed by atoms with Gasteiger partial charge < -0.3 is 5.32 Å². The Hall–Kier alpha value is -2.12. The van der Waals surface area contributed by atoms with E-state index in [2.05, 4.69) is 10.0 Å². The molecule has 0 aromatic carbocycles. The van der Waals surface area contributed by atoms with Crippen LogP contribution in [-0.4, -0.2) is 35.9 Å². The van der Waals surface area contributed by atoms with Gasteiger partial charge in [-0.2, -0.15) is 5.26 Å². The van der Waals surface area contributed by atoms with Gasteiger partial charge in [0.05, 0.1) is 6.26 Å². The number of hydrogen-bond acceptors (Lipinski definition) is 6. The maximum absolute atomic E-state index is 12.1. The molecule has 0 bridgehead atoms. The van der Waals surface area contributed by atoms with Gasteiger partial charge in [-0.1, -0.05) is 12.8 Å².